The molecule has 0 bridgehead atoms. The number of amides is 3. The largest absolute Gasteiger partial charge is 0.391 e. The molecule has 3 amide bonds. The van der Waals surface area contributed by atoms with Crippen LogP contribution in [-0.4, -0.2) is 99.0 Å². The highest BCUT2D eigenvalue weighted by atomic mass is 32.2. The van der Waals surface area contributed by atoms with Gasteiger partial charge in [-0.2, -0.15) is 0 Å². The lowest BCUT2D eigenvalue weighted by molar-refractivity contribution is -0.139. The molecule has 3 aliphatic heterocycles. The fourth-order valence-electron chi connectivity index (χ4n) is 10.8. The average Bonchev–Trinajstić information content (AvgIpc) is 4.41. The van der Waals surface area contributed by atoms with E-state index in [2.05, 4.69) is 36.1 Å². The Morgan fingerprint density at radius 1 is 1.00 bits per heavy atom. The molecule has 0 unspecified atom stereocenters. The lowest BCUT2D eigenvalue weighted by atomic mass is 9.85. The minimum Gasteiger partial charge on any atom is -0.391 e. The minimum absolute atomic E-state index is 0.00261. The molecule has 0 aliphatic carbocycles. The van der Waals surface area contributed by atoms with E-state index in [9.17, 15) is 37.1 Å². The van der Waals surface area contributed by atoms with Gasteiger partial charge < -0.3 is 45.2 Å². The van der Waals surface area contributed by atoms with Crippen molar-refractivity contribution in [3.63, 3.8) is 0 Å². The van der Waals surface area contributed by atoms with Gasteiger partial charge in [0.25, 0.3) is 11.5 Å². The second-order valence-electron chi connectivity index (χ2n) is 22.3. The van der Waals surface area contributed by atoms with Crippen LogP contribution in [0.5, 0.6) is 0 Å². The number of sulfone groups is 1. The van der Waals surface area contributed by atoms with E-state index in [4.69, 9.17) is 4.84 Å². The second kappa shape index (κ2) is 23.0. The van der Waals surface area contributed by atoms with Crippen LogP contribution < -0.4 is 26.4 Å². The number of rotatable bonds is 20. The van der Waals surface area contributed by atoms with E-state index in [1.54, 1.807) is 41.7 Å². The number of hydrogen-bond donors (Lipinski definition) is 5. The molecule has 22 heteroatoms. The summed E-state index contributed by atoms with van der Waals surface area (Å²) in [6, 6.07) is 10.4. The second-order valence-corrected chi connectivity index (χ2v) is 25.3. The maximum absolute atomic E-state index is 15.6. The number of aliphatic hydroxyl groups is 1. The lowest BCUT2D eigenvalue weighted by Crippen LogP contribution is -2.58. The summed E-state index contributed by atoms with van der Waals surface area (Å²) in [6.07, 6.45) is 11.6. The highest BCUT2D eigenvalue weighted by Crippen LogP contribution is 2.45. The van der Waals surface area contributed by atoms with E-state index in [1.807, 2.05) is 64.4 Å². The van der Waals surface area contributed by atoms with E-state index < -0.39 is 62.5 Å². The zero-order valence-corrected chi connectivity index (χ0v) is 47.2. The van der Waals surface area contributed by atoms with E-state index in [-0.39, 0.29) is 60.2 Å². The standard InChI is InChI=1S/C57H68F2N10O8S2/c1-33-49(78-32-63-33)34-17-19-37(20-18-34)57(5)65-51(66-77-57)45-24-39(70)29-69(45)55(74)50(56(2,3)4)64-46(71)16-14-12-10-8-9-11-13-15-21-60-53(72)40-25-44-41(22-35(40)31-79(7,75)76)42-30-67(6)54(73)48-47(42)36(26-61-48)28-68(44)52-43(59)23-38(58)27-62-52/h17-20,22-23,25-27,30,32,39,45,50,61,70H,8-16,21,24,28-29,31H2,1-7H3,(H,60,72)(H,64,71)(H,65,66)/t39-,45+,50+,57-/m1/s1. The summed E-state index contributed by atoms with van der Waals surface area (Å²) < 4.78 is 56.7. The first-order chi connectivity index (χ1) is 37.5. The van der Waals surface area contributed by atoms with E-state index in [1.165, 1.54) is 15.5 Å². The van der Waals surface area contributed by atoms with Crippen molar-refractivity contribution in [1.82, 2.24) is 40.4 Å². The van der Waals surface area contributed by atoms with Crippen LogP contribution in [0.3, 0.4) is 0 Å². The van der Waals surface area contributed by atoms with Crippen molar-refractivity contribution in [2.24, 2.45) is 17.6 Å². The normalized spacial score (nSPS) is 18.4. The maximum Gasteiger partial charge on any atom is 0.274 e. The lowest BCUT2D eigenvalue weighted by Gasteiger charge is -2.35. The Morgan fingerprint density at radius 3 is 2.38 bits per heavy atom. The summed E-state index contributed by atoms with van der Waals surface area (Å²) in [5.41, 5.74) is 5.27. The molecule has 2 aromatic carbocycles. The van der Waals surface area contributed by atoms with Crippen molar-refractivity contribution >= 4 is 67.1 Å². The maximum atomic E-state index is 15.6. The monoisotopic (exact) mass is 1120 g/mol. The highest BCUT2D eigenvalue weighted by molar-refractivity contribution is 7.89. The topological polar surface area (TPSA) is 233 Å². The van der Waals surface area contributed by atoms with Gasteiger partial charge in [0.1, 0.15) is 17.4 Å². The number of hydrogen-bond acceptors (Lipinski definition) is 14. The van der Waals surface area contributed by atoms with Crippen LogP contribution in [0.4, 0.5) is 20.3 Å². The van der Waals surface area contributed by atoms with Gasteiger partial charge in [0.2, 0.25) is 17.5 Å². The van der Waals surface area contributed by atoms with Gasteiger partial charge in [-0.15, -0.1) is 11.3 Å². The summed E-state index contributed by atoms with van der Waals surface area (Å²) in [6.45, 7) is 9.96. The fourth-order valence-corrected chi connectivity index (χ4v) is 12.5. The minimum atomic E-state index is -3.67. The third-order valence-electron chi connectivity index (χ3n) is 15.0. The van der Waals surface area contributed by atoms with Crippen LogP contribution in [0.2, 0.25) is 0 Å². The number of carbonyl (C=O) groups is 3. The number of oxime groups is 1. The first-order valence-corrected chi connectivity index (χ1v) is 29.7. The van der Waals surface area contributed by atoms with Crippen LogP contribution in [0, 0.1) is 24.0 Å². The molecule has 3 aliphatic rings. The zero-order chi connectivity index (χ0) is 56.6. The number of carbonyl (C=O) groups excluding carboxylic acids is 3. The van der Waals surface area contributed by atoms with Crippen molar-refractivity contribution in [3.05, 3.63) is 117 Å². The smallest absolute Gasteiger partial charge is 0.274 e. The number of pyridine rings is 2. The van der Waals surface area contributed by atoms with Gasteiger partial charge in [-0.05, 0) is 54.0 Å². The number of aryl methyl sites for hydroxylation is 2. The third-order valence-corrected chi connectivity index (χ3v) is 16.8. The molecular weight excluding hydrogens is 1050 g/mol. The van der Waals surface area contributed by atoms with E-state index in [0.717, 1.165) is 72.7 Å². The summed E-state index contributed by atoms with van der Waals surface area (Å²) in [5, 5.41) is 25.1. The van der Waals surface area contributed by atoms with Gasteiger partial charge in [0.15, 0.2) is 27.3 Å². The van der Waals surface area contributed by atoms with Gasteiger partial charge >= 0.3 is 0 Å². The van der Waals surface area contributed by atoms with E-state index in [0.29, 0.717) is 64.6 Å². The molecule has 1 saturated heterocycles. The average molecular weight is 1120 g/mol. The number of thiazole rings is 1. The number of aromatic nitrogens is 4. The molecule has 420 valence electrons. The number of aromatic amines is 1. The van der Waals surface area contributed by atoms with Gasteiger partial charge in [-0.25, -0.2) is 27.2 Å². The number of benzene rings is 2. The number of likely N-dealkylation sites (tertiary alicyclic amines) is 1. The summed E-state index contributed by atoms with van der Waals surface area (Å²) >= 11 is 1.58. The number of anilines is 2. The number of aliphatic hydroxyl groups excluding tert-OH is 1. The molecule has 7 heterocycles. The number of H-pyrrole nitrogens is 1. The Bertz CT molecular complexity index is 3500. The number of β-amino-alcohol motifs (C(OH)–C–C–N with tert-alkyl or cyclic N) is 1. The Hall–Kier alpha value is -7.04. The van der Waals surface area contributed by atoms with Crippen LogP contribution >= 0.6 is 11.3 Å². The molecule has 5 N–H and O–H groups in total. The Kier molecular flexibility index (Phi) is 16.5. The van der Waals surface area contributed by atoms with Crippen molar-refractivity contribution < 1.29 is 41.5 Å². The molecule has 0 radical (unpaired) electrons. The summed E-state index contributed by atoms with van der Waals surface area (Å²) in [4.78, 5) is 76.6. The predicted molar refractivity (Wildman–Crippen MR) is 300 cm³/mol. The Labute approximate surface area is 462 Å². The third kappa shape index (κ3) is 12.4. The first-order valence-electron chi connectivity index (χ1n) is 26.7. The van der Waals surface area contributed by atoms with Crippen molar-refractivity contribution in [3.8, 4) is 21.6 Å². The van der Waals surface area contributed by atoms with Crippen LogP contribution in [0.25, 0.3) is 32.5 Å². The summed E-state index contributed by atoms with van der Waals surface area (Å²) in [7, 11) is -2.08. The zero-order valence-electron chi connectivity index (χ0n) is 45.5. The number of nitrogens with one attached hydrogen (secondary N) is 4. The number of amidine groups is 1. The molecule has 79 heavy (non-hydrogen) atoms. The molecule has 6 aromatic rings. The first kappa shape index (κ1) is 56.7. The Balaban J connectivity index is 0.741. The van der Waals surface area contributed by atoms with Gasteiger partial charge in [-0.1, -0.05) is 88.7 Å². The molecule has 1 fully saturated rings. The van der Waals surface area contributed by atoms with Gasteiger partial charge in [0, 0.05) is 92.3 Å². The Morgan fingerprint density at radius 2 is 1.71 bits per heavy atom. The number of fused-ring (bicyclic) bond motifs is 2. The highest BCUT2D eigenvalue weighted by Gasteiger charge is 2.47. The van der Waals surface area contributed by atoms with Gasteiger partial charge in [-0.3, -0.25) is 19.2 Å². The fraction of sp³-hybridized carbons (Fsp3) is 0.456. The van der Waals surface area contributed by atoms with Crippen molar-refractivity contribution in [2.45, 2.75) is 135 Å². The number of unbranched alkanes of at least 4 members (excludes halogenated alkanes) is 7. The summed E-state index contributed by atoms with van der Waals surface area (Å²) in [5.74, 6) is -3.10. The van der Waals surface area contributed by atoms with Crippen LogP contribution in [0.15, 0.2) is 76.5 Å². The molecule has 9 rings (SSSR count). The molecule has 0 spiro atoms. The van der Waals surface area contributed by atoms with Crippen molar-refractivity contribution in [1.29, 1.82) is 0 Å². The van der Waals surface area contributed by atoms with Crippen molar-refractivity contribution in [2.75, 3.05) is 24.2 Å². The molecule has 0 saturated carbocycles. The van der Waals surface area contributed by atoms with Gasteiger partial charge in [0.05, 0.1) is 52.4 Å². The molecule has 4 atom stereocenters. The predicted octanol–water partition coefficient (Wildman–Crippen LogP) is 8.37. The molecule has 18 nitrogen and oxygen atoms in total. The van der Waals surface area contributed by atoms with E-state index >= 15 is 4.39 Å². The quantitative estimate of drug-likeness (QED) is 0.0454. The SMILES string of the molecule is Cc1ncsc1-c1ccc([C@]2(C)NC([C@@H]3C[C@@H](O)CN3C(=O)[C@H](NC(=O)CCCCCCCCCCNC(=O)c3cc4c(cc3CS(C)(=O)=O)-c3cn(C)c(=O)c5[nH]cc(c35)CN4c3ncc(F)cc3F)C(C)(C)C)=NO2)cc1. The molecule has 4 aromatic heterocycles. The number of nitrogens with zero attached hydrogens (tertiary/aromatic N) is 6. The van der Waals surface area contributed by atoms with Crippen LogP contribution in [0.1, 0.15) is 125 Å². The number of halogens is 2. The molecular formula is C57H68F2N10O8S2. The van der Waals surface area contributed by atoms with Crippen LogP contribution in [-0.2, 0) is 49.3 Å².